The Morgan fingerprint density at radius 1 is 1.30 bits per heavy atom. The fourth-order valence-electron chi connectivity index (χ4n) is 3.28. The van der Waals surface area contributed by atoms with Crippen molar-refractivity contribution in [3.63, 3.8) is 0 Å². The standard InChI is InChI=1S/C14H18N4O5/c19-3-8-11(20)12(21)14(23-8)18-6-17-10-9(7-1-2-22-4-7)15-5-16-13(10)18/h5-8,11-12,14,19-21H,1-4H2/p+1. The van der Waals surface area contributed by atoms with E-state index in [1.54, 1.807) is 10.9 Å². The average molecular weight is 323 g/mol. The third-order valence-corrected chi connectivity index (χ3v) is 4.56. The van der Waals surface area contributed by atoms with E-state index in [-0.39, 0.29) is 12.5 Å². The van der Waals surface area contributed by atoms with Gasteiger partial charge in [-0.1, -0.05) is 4.98 Å². The molecule has 5 unspecified atom stereocenters. The predicted octanol–water partition coefficient (Wildman–Crippen LogP) is -1.64. The molecule has 0 saturated carbocycles. The highest BCUT2D eigenvalue weighted by molar-refractivity contribution is 5.69. The van der Waals surface area contributed by atoms with Crippen LogP contribution in [0.5, 0.6) is 0 Å². The molecule has 23 heavy (non-hydrogen) atoms. The van der Waals surface area contributed by atoms with Gasteiger partial charge < -0.3 is 24.8 Å². The Kier molecular flexibility index (Phi) is 3.74. The van der Waals surface area contributed by atoms with Gasteiger partial charge in [0.25, 0.3) is 0 Å². The molecule has 0 spiro atoms. The van der Waals surface area contributed by atoms with Gasteiger partial charge in [-0.15, -0.1) is 0 Å². The lowest BCUT2D eigenvalue weighted by Gasteiger charge is -2.12. The molecule has 4 rings (SSSR count). The largest absolute Gasteiger partial charge is 0.394 e. The summed E-state index contributed by atoms with van der Waals surface area (Å²) in [5, 5.41) is 29.3. The number of fused-ring (bicyclic) bond motifs is 1. The molecule has 4 N–H and O–H groups in total. The fraction of sp³-hybridized carbons (Fsp3) is 0.643. The summed E-state index contributed by atoms with van der Waals surface area (Å²) in [5.74, 6) is 0.206. The van der Waals surface area contributed by atoms with Crippen LogP contribution in [0.3, 0.4) is 0 Å². The number of aromatic amines is 1. The molecule has 9 heteroatoms. The molecule has 2 aliphatic rings. The Hall–Kier alpha value is -1.65. The van der Waals surface area contributed by atoms with Gasteiger partial charge >= 0.3 is 5.65 Å². The number of imidazole rings is 1. The molecule has 0 bridgehead atoms. The van der Waals surface area contributed by atoms with E-state index in [4.69, 9.17) is 9.47 Å². The molecule has 0 radical (unpaired) electrons. The van der Waals surface area contributed by atoms with E-state index in [1.165, 1.54) is 6.33 Å². The summed E-state index contributed by atoms with van der Waals surface area (Å²) in [4.78, 5) is 11.8. The molecule has 4 heterocycles. The minimum absolute atomic E-state index is 0.206. The summed E-state index contributed by atoms with van der Waals surface area (Å²) < 4.78 is 12.6. The zero-order valence-corrected chi connectivity index (χ0v) is 12.4. The summed E-state index contributed by atoms with van der Waals surface area (Å²) in [6.45, 7) is 0.974. The van der Waals surface area contributed by atoms with Gasteiger partial charge in [0.2, 0.25) is 6.23 Å². The van der Waals surface area contributed by atoms with Gasteiger partial charge in [0.15, 0.2) is 18.2 Å². The molecular weight excluding hydrogens is 304 g/mol. The number of aliphatic hydroxyl groups excluding tert-OH is 3. The van der Waals surface area contributed by atoms with Crippen molar-refractivity contribution in [3.05, 3.63) is 18.3 Å². The van der Waals surface area contributed by atoms with Crippen molar-refractivity contribution in [1.82, 2.24) is 15.0 Å². The minimum Gasteiger partial charge on any atom is -0.394 e. The van der Waals surface area contributed by atoms with Crippen LogP contribution in [-0.4, -0.2) is 68.4 Å². The quantitative estimate of drug-likeness (QED) is 0.499. The number of rotatable bonds is 3. The zero-order chi connectivity index (χ0) is 16.0. The number of ether oxygens (including phenoxy) is 2. The highest BCUT2D eigenvalue weighted by Gasteiger charge is 2.46. The van der Waals surface area contributed by atoms with Crippen LogP contribution in [0.4, 0.5) is 0 Å². The van der Waals surface area contributed by atoms with Crippen molar-refractivity contribution in [2.24, 2.45) is 0 Å². The number of nitrogens with zero attached hydrogens (tertiary/aromatic N) is 3. The van der Waals surface area contributed by atoms with Crippen LogP contribution in [0.2, 0.25) is 0 Å². The van der Waals surface area contributed by atoms with Gasteiger partial charge in [-0.2, -0.15) is 0 Å². The van der Waals surface area contributed by atoms with E-state index in [9.17, 15) is 15.3 Å². The molecule has 2 fully saturated rings. The molecule has 2 aromatic rings. The van der Waals surface area contributed by atoms with Crippen LogP contribution in [0, 0.1) is 0 Å². The summed E-state index contributed by atoms with van der Waals surface area (Å²) in [5.41, 5.74) is 2.22. The lowest BCUT2D eigenvalue weighted by atomic mass is 10.0. The first-order valence-corrected chi connectivity index (χ1v) is 7.64. The molecule has 124 valence electrons. The van der Waals surface area contributed by atoms with Crippen LogP contribution < -0.4 is 4.57 Å². The Bertz CT molecular complexity index is 702. The first-order chi connectivity index (χ1) is 11.2. The molecular formula is C14H19N4O5+. The van der Waals surface area contributed by atoms with Crippen molar-refractivity contribution in [2.75, 3.05) is 19.8 Å². The highest BCUT2D eigenvalue weighted by atomic mass is 16.6. The van der Waals surface area contributed by atoms with Crippen LogP contribution in [0.1, 0.15) is 24.3 Å². The predicted molar refractivity (Wildman–Crippen MR) is 75.3 cm³/mol. The van der Waals surface area contributed by atoms with E-state index < -0.39 is 24.5 Å². The van der Waals surface area contributed by atoms with Gasteiger partial charge in [0, 0.05) is 12.5 Å². The lowest BCUT2D eigenvalue weighted by Crippen LogP contribution is -2.45. The maximum atomic E-state index is 10.2. The van der Waals surface area contributed by atoms with E-state index in [0.717, 1.165) is 17.6 Å². The third-order valence-electron chi connectivity index (χ3n) is 4.56. The first kappa shape index (κ1) is 14.9. The van der Waals surface area contributed by atoms with E-state index in [2.05, 4.69) is 15.0 Å². The zero-order valence-electron chi connectivity index (χ0n) is 12.4. The van der Waals surface area contributed by atoms with Crippen LogP contribution in [0.25, 0.3) is 11.2 Å². The van der Waals surface area contributed by atoms with Gasteiger partial charge in [-0.25, -0.2) is 9.55 Å². The number of aliphatic hydroxyl groups is 3. The summed E-state index contributed by atoms with van der Waals surface area (Å²) in [7, 11) is 0. The maximum absolute atomic E-state index is 10.2. The number of H-pyrrole nitrogens is 1. The summed E-state index contributed by atoms with van der Waals surface area (Å²) >= 11 is 0. The second-order valence-electron chi connectivity index (χ2n) is 5.93. The molecule has 0 aromatic carbocycles. The number of hydrogen-bond acceptors (Lipinski definition) is 7. The Balaban J connectivity index is 1.73. The lowest BCUT2D eigenvalue weighted by molar-refractivity contribution is -0.745. The van der Waals surface area contributed by atoms with E-state index >= 15 is 0 Å². The van der Waals surface area contributed by atoms with Crippen LogP contribution >= 0.6 is 0 Å². The molecule has 2 saturated heterocycles. The fourth-order valence-corrected chi connectivity index (χ4v) is 3.28. The summed E-state index contributed by atoms with van der Waals surface area (Å²) in [6, 6.07) is 0. The third kappa shape index (κ3) is 2.32. The second-order valence-corrected chi connectivity index (χ2v) is 5.93. The smallest absolute Gasteiger partial charge is 0.307 e. The first-order valence-electron chi connectivity index (χ1n) is 7.64. The Morgan fingerprint density at radius 3 is 2.87 bits per heavy atom. The normalized spacial score (nSPS) is 34.5. The topological polar surface area (TPSA) is 125 Å². The van der Waals surface area contributed by atoms with Gasteiger partial charge in [-0.05, 0) is 6.42 Å². The van der Waals surface area contributed by atoms with Crippen molar-refractivity contribution in [3.8, 4) is 0 Å². The van der Waals surface area contributed by atoms with Crippen molar-refractivity contribution in [2.45, 2.75) is 36.9 Å². The summed E-state index contributed by atoms with van der Waals surface area (Å²) in [6.07, 6.45) is 0.0754. The van der Waals surface area contributed by atoms with Gasteiger partial charge in [-0.3, -0.25) is 4.98 Å². The molecule has 0 amide bonds. The highest BCUT2D eigenvalue weighted by Crippen LogP contribution is 2.29. The van der Waals surface area contributed by atoms with E-state index in [0.29, 0.717) is 18.9 Å². The molecule has 0 aliphatic carbocycles. The van der Waals surface area contributed by atoms with Crippen molar-refractivity contribution >= 4 is 11.2 Å². The van der Waals surface area contributed by atoms with Gasteiger partial charge in [0.05, 0.1) is 18.9 Å². The second kappa shape index (κ2) is 5.77. The number of hydrogen-bond donors (Lipinski definition) is 4. The minimum atomic E-state index is -1.15. The molecule has 2 aromatic heterocycles. The Morgan fingerprint density at radius 2 is 2.17 bits per heavy atom. The molecule has 9 nitrogen and oxygen atoms in total. The Labute approximate surface area is 131 Å². The molecule has 2 aliphatic heterocycles. The molecule has 5 atom stereocenters. The average Bonchev–Trinajstić information content (AvgIpc) is 3.28. The number of aromatic nitrogens is 4. The van der Waals surface area contributed by atoms with Crippen molar-refractivity contribution in [1.29, 1.82) is 0 Å². The SMILES string of the molecule is OCC1OC([n+]2c[nH]c3c(C4CCOC4)ncnc32)C(O)C1O. The van der Waals surface area contributed by atoms with E-state index in [1.807, 2.05) is 0 Å². The van der Waals surface area contributed by atoms with Crippen LogP contribution in [0.15, 0.2) is 12.7 Å². The van der Waals surface area contributed by atoms with Crippen LogP contribution in [-0.2, 0) is 9.47 Å². The van der Waals surface area contributed by atoms with Crippen molar-refractivity contribution < 1.29 is 29.4 Å². The van der Waals surface area contributed by atoms with Gasteiger partial charge in [0.1, 0.15) is 18.3 Å². The monoisotopic (exact) mass is 323 g/mol. The maximum Gasteiger partial charge on any atom is 0.307 e. The number of nitrogens with one attached hydrogen (secondary N) is 1.